The molecule has 1 saturated heterocycles. The molecule has 1 aliphatic rings. The summed E-state index contributed by atoms with van der Waals surface area (Å²) in [5.74, 6) is 0.400. The third kappa shape index (κ3) is 3.47. The zero-order chi connectivity index (χ0) is 17.3. The van der Waals surface area contributed by atoms with Crippen LogP contribution in [0.25, 0.3) is 10.2 Å². The number of urea groups is 1. The Hall–Kier alpha value is -1.86. The van der Waals surface area contributed by atoms with Crippen molar-refractivity contribution in [3.05, 3.63) is 27.4 Å². The molecule has 1 aliphatic heterocycles. The first-order valence-corrected chi connectivity index (χ1v) is 8.97. The number of aromatic nitrogens is 1. The zero-order valence-corrected chi connectivity index (χ0v) is 15.1. The SMILES string of the molecule is Cc1cc2c(cc1NC(=O)N(C)CC1CCCOC1)sc(=O)n2C. The summed E-state index contributed by atoms with van der Waals surface area (Å²) in [6, 6.07) is 3.69. The fourth-order valence-corrected chi connectivity index (χ4v) is 3.95. The molecule has 1 N–H and O–H groups in total. The lowest BCUT2D eigenvalue weighted by Gasteiger charge is -2.27. The van der Waals surface area contributed by atoms with Crippen LogP contribution < -0.4 is 10.2 Å². The van der Waals surface area contributed by atoms with Crippen molar-refractivity contribution in [1.29, 1.82) is 0 Å². The third-order valence-corrected chi connectivity index (χ3v) is 5.51. The Morgan fingerprint density at radius 2 is 2.29 bits per heavy atom. The molecule has 0 spiro atoms. The van der Waals surface area contributed by atoms with Crippen molar-refractivity contribution in [3.8, 4) is 0 Å². The van der Waals surface area contributed by atoms with Crippen molar-refractivity contribution >= 4 is 33.3 Å². The van der Waals surface area contributed by atoms with Crippen LogP contribution in [0.15, 0.2) is 16.9 Å². The highest BCUT2D eigenvalue weighted by atomic mass is 32.1. The molecule has 1 fully saturated rings. The van der Waals surface area contributed by atoms with Crippen molar-refractivity contribution in [3.63, 3.8) is 0 Å². The van der Waals surface area contributed by atoms with Gasteiger partial charge in [-0.15, -0.1) is 0 Å². The molecule has 0 bridgehead atoms. The number of benzene rings is 1. The molecule has 7 heteroatoms. The van der Waals surface area contributed by atoms with E-state index in [1.54, 1.807) is 23.6 Å². The number of aryl methyl sites for hydroxylation is 2. The van der Waals surface area contributed by atoms with Crippen LogP contribution >= 0.6 is 11.3 Å². The summed E-state index contributed by atoms with van der Waals surface area (Å²) < 4.78 is 7.99. The summed E-state index contributed by atoms with van der Waals surface area (Å²) in [5, 5.41) is 2.96. The minimum Gasteiger partial charge on any atom is -0.381 e. The molecule has 2 heterocycles. The summed E-state index contributed by atoms with van der Waals surface area (Å²) in [7, 11) is 3.57. The van der Waals surface area contributed by atoms with Gasteiger partial charge < -0.3 is 19.5 Å². The molecular formula is C17H23N3O3S. The van der Waals surface area contributed by atoms with E-state index in [1.165, 1.54) is 11.3 Å². The molecule has 1 atom stereocenters. The highest BCUT2D eigenvalue weighted by Gasteiger charge is 2.19. The molecule has 2 aromatic rings. The van der Waals surface area contributed by atoms with Crippen LogP contribution in [-0.4, -0.2) is 42.3 Å². The summed E-state index contributed by atoms with van der Waals surface area (Å²) in [5.41, 5.74) is 2.59. The van der Waals surface area contributed by atoms with Gasteiger partial charge in [0.1, 0.15) is 0 Å². The normalized spacial score (nSPS) is 17.9. The van der Waals surface area contributed by atoms with Gasteiger partial charge in [-0.1, -0.05) is 11.3 Å². The molecule has 130 valence electrons. The Bertz CT molecular complexity index is 805. The lowest BCUT2D eigenvalue weighted by atomic mass is 10.0. The average Bonchev–Trinajstić information content (AvgIpc) is 2.83. The summed E-state index contributed by atoms with van der Waals surface area (Å²) >= 11 is 1.19. The Balaban J connectivity index is 1.72. The highest BCUT2D eigenvalue weighted by molar-refractivity contribution is 7.16. The molecule has 0 saturated carbocycles. The lowest BCUT2D eigenvalue weighted by molar-refractivity contribution is 0.0464. The van der Waals surface area contributed by atoms with E-state index in [2.05, 4.69) is 5.32 Å². The molecule has 1 unspecified atom stereocenters. The molecule has 1 aromatic carbocycles. The standard InChI is InChI=1S/C17H23N3O3S/c1-11-7-14-15(24-17(22)20(14)3)8-13(11)18-16(21)19(2)9-12-5-4-6-23-10-12/h7-8,12H,4-6,9-10H2,1-3H3,(H,18,21). The minimum atomic E-state index is -0.133. The first-order chi connectivity index (χ1) is 11.5. The van der Waals surface area contributed by atoms with E-state index < -0.39 is 0 Å². The fourth-order valence-electron chi connectivity index (χ4n) is 3.04. The number of nitrogens with one attached hydrogen (secondary N) is 1. The van der Waals surface area contributed by atoms with Crippen LogP contribution in [-0.2, 0) is 11.8 Å². The molecule has 24 heavy (non-hydrogen) atoms. The zero-order valence-electron chi connectivity index (χ0n) is 14.3. The number of rotatable bonds is 3. The highest BCUT2D eigenvalue weighted by Crippen LogP contribution is 2.25. The number of hydrogen-bond donors (Lipinski definition) is 1. The summed E-state index contributed by atoms with van der Waals surface area (Å²) in [4.78, 5) is 26.0. The minimum absolute atomic E-state index is 0.00212. The first kappa shape index (κ1) is 17.0. The van der Waals surface area contributed by atoms with Crippen molar-refractivity contribution in [2.45, 2.75) is 19.8 Å². The molecular weight excluding hydrogens is 326 g/mol. The van der Waals surface area contributed by atoms with Crippen molar-refractivity contribution < 1.29 is 9.53 Å². The van der Waals surface area contributed by atoms with Crippen molar-refractivity contribution in [2.75, 3.05) is 32.1 Å². The second-order valence-corrected chi connectivity index (χ2v) is 7.45. The number of ether oxygens (including phenoxy) is 1. The number of anilines is 1. The second kappa shape index (κ2) is 6.94. The lowest BCUT2D eigenvalue weighted by Crippen LogP contribution is -2.37. The van der Waals surface area contributed by atoms with E-state index >= 15 is 0 Å². The van der Waals surface area contributed by atoms with Crippen molar-refractivity contribution in [1.82, 2.24) is 9.47 Å². The van der Waals surface area contributed by atoms with Gasteiger partial charge in [0, 0.05) is 38.9 Å². The Labute approximate surface area is 145 Å². The van der Waals surface area contributed by atoms with Gasteiger partial charge in [-0.3, -0.25) is 4.79 Å². The van der Waals surface area contributed by atoms with Crippen LogP contribution in [0.2, 0.25) is 0 Å². The molecule has 6 nitrogen and oxygen atoms in total. The van der Waals surface area contributed by atoms with E-state index in [1.807, 2.05) is 19.1 Å². The molecule has 2 amide bonds. The van der Waals surface area contributed by atoms with Crippen LogP contribution in [0.3, 0.4) is 0 Å². The molecule has 3 rings (SSSR count). The second-order valence-electron chi connectivity index (χ2n) is 6.46. The Morgan fingerprint density at radius 1 is 1.50 bits per heavy atom. The van der Waals surface area contributed by atoms with Gasteiger partial charge in [-0.25, -0.2) is 4.79 Å². The van der Waals surface area contributed by atoms with Gasteiger partial charge >= 0.3 is 10.9 Å². The number of amides is 2. The average molecular weight is 349 g/mol. The number of hydrogen-bond acceptors (Lipinski definition) is 4. The smallest absolute Gasteiger partial charge is 0.321 e. The number of thiazole rings is 1. The van der Waals surface area contributed by atoms with E-state index in [0.29, 0.717) is 12.5 Å². The van der Waals surface area contributed by atoms with E-state index in [-0.39, 0.29) is 10.9 Å². The van der Waals surface area contributed by atoms with Crippen molar-refractivity contribution in [2.24, 2.45) is 13.0 Å². The van der Waals surface area contributed by atoms with Gasteiger partial charge in [0.05, 0.1) is 16.8 Å². The first-order valence-electron chi connectivity index (χ1n) is 8.15. The van der Waals surface area contributed by atoms with E-state index in [0.717, 1.165) is 47.5 Å². The molecule has 1 aromatic heterocycles. The van der Waals surface area contributed by atoms with Gasteiger partial charge in [0.25, 0.3) is 0 Å². The maximum Gasteiger partial charge on any atom is 0.321 e. The maximum atomic E-state index is 12.5. The maximum absolute atomic E-state index is 12.5. The topological polar surface area (TPSA) is 63.6 Å². The van der Waals surface area contributed by atoms with Gasteiger partial charge in [-0.2, -0.15) is 0 Å². The predicted molar refractivity (Wildman–Crippen MR) is 97.0 cm³/mol. The van der Waals surface area contributed by atoms with E-state index in [4.69, 9.17) is 4.74 Å². The Kier molecular flexibility index (Phi) is 4.91. The van der Waals surface area contributed by atoms with Crippen LogP contribution in [0.4, 0.5) is 10.5 Å². The van der Waals surface area contributed by atoms with Gasteiger partial charge in [-0.05, 0) is 37.5 Å². The Morgan fingerprint density at radius 3 is 3.00 bits per heavy atom. The van der Waals surface area contributed by atoms with Crippen LogP contribution in [0, 0.1) is 12.8 Å². The predicted octanol–water partition coefficient (Wildman–Crippen LogP) is 2.80. The monoisotopic (exact) mass is 349 g/mol. The fraction of sp³-hybridized carbons (Fsp3) is 0.529. The molecule has 0 aliphatic carbocycles. The third-order valence-electron chi connectivity index (χ3n) is 4.51. The number of carbonyl (C=O) groups excluding carboxylic acids is 1. The summed E-state index contributed by atoms with van der Waals surface area (Å²) in [6.45, 7) is 4.17. The van der Waals surface area contributed by atoms with Crippen LogP contribution in [0.5, 0.6) is 0 Å². The number of fused-ring (bicyclic) bond motifs is 1. The van der Waals surface area contributed by atoms with E-state index in [9.17, 15) is 9.59 Å². The van der Waals surface area contributed by atoms with Gasteiger partial charge in [0.15, 0.2) is 0 Å². The van der Waals surface area contributed by atoms with Crippen LogP contribution in [0.1, 0.15) is 18.4 Å². The summed E-state index contributed by atoms with van der Waals surface area (Å²) in [6.07, 6.45) is 2.16. The molecule has 0 radical (unpaired) electrons. The largest absolute Gasteiger partial charge is 0.381 e. The quantitative estimate of drug-likeness (QED) is 0.927. The number of carbonyl (C=O) groups is 1. The number of nitrogens with zero attached hydrogens (tertiary/aromatic N) is 2. The van der Waals surface area contributed by atoms with Gasteiger partial charge in [0.2, 0.25) is 0 Å².